The van der Waals surface area contributed by atoms with E-state index in [0.29, 0.717) is 17.3 Å². The number of nitrogen functional groups attached to an aromatic ring is 1. The molecule has 0 aliphatic carbocycles. The van der Waals surface area contributed by atoms with Crippen molar-refractivity contribution >= 4 is 11.6 Å². The van der Waals surface area contributed by atoms with Crippen molar-refractivity contribution in [1.82, 2.24) is 9.80 Å². The first-order valence-electron chi connectivity index (χ1n) is 6.50. The maximum Gasteiger partial charge on any atom is 0.254 e. The minimum atomic E-state index is 0.0879. The van der Waals surface area contributed by atoms with E-state index < -0.39 is 0 Å². The van der Waals surface area contributed by atoms with Crippen molar-refractivity contribution in [2.45, 2.75) is 19.9 Å². The normalized spacial score (nSPS) is 21.0. The fourth-order valence-corrected chi connectivity index (χ4v) is 2.50. The highest BCUT2D eigenvalue weighted by molar-refractivity contribution is 5.95. The first-order valence-corrected chi connectivity index (χ1v) is 6.50. The summed E-state index contributed by atoms with van der Waals surface area (Å²) in [4.78, 5) is 16.7. The topological polar surface area (TPSA) is 49.6 Å². The average molecular weight is 247 g/mol. The molecule has 0 spiro atoms. The number of amides is 1. The molecule has 1 heterocycles. The van der Waals surface area contributed by atoms with Crippen molar-refractivity contribution in [3.63, 3.8) is 0 Å². The van der Waals surface area contributed by atoms with Crippen LogP contribution >= 0.6 is 0 Å². The molecule has 1 aliphatic heterocycles. The smallest absolute Gasteiger partial charge is 0.254 e. The molecule has 1 fully saturated rings. The largest absolute Gasteiger partial charge is 0.399 e. The van der Waals surface area contributed by atoms with Crippen LogP contribution in [-0.2, 0) is 0 Å². The zero-order valence-corrected chi connectivity index (χ0v) is 11.1. The van der Waals surface area contributed by atoms with Gasteiger partial charge in [0.05, 0.1) is 0 Å². The Labute approximate surface area is 108 Å². The number of hydrogen-bond acceptors (Lipinski definition) is 3. The van der Waals surface area contributed by atoms with E-state index in [1.54, 1.807) is 12.1 Å². The summed E-state index contributed by atoms with van der Waals surface area (Å²) in [5.41, 5.74) is 7.04. The molecule has 1 aromatic rings. The Morgan fingerprint density at radius 1 is 1.44 bits per heavy atom. The van der Waals surface area contributed by atoms with Crippen LogP contribution in [0.5, 0.6) is 0 Å². The number of anilines is 1. The maximum atomic E-state index is 12.3. The van der Waals surface area contributed by atoms with Crippen LogP contribution in [0.2, 0.25) is 0 Å². The van der Waals surface area contributed by atoms with Crippen LogP contribution in [0.1, 0.15) is 24.2 Å². The molecule has 0 bridgehead atoms. The average Bonchev–Trinajstić information content (AvgIpc) is 2.37. The number of carbonyl (C=O) groups is 1. The Bertz CT molecular complexity index is 433. The van der Waals surface area contributed by atoms with Crippen molar-refractivity contribution in [2.75, 3.05) is 31.9 Å². The van der Waals surface area contributed by atoms with Gasteiger partial charge < -0.3 is 10.6 Å². The Balaban J connectivity index is 2.07. The molecule has 2 rings (SSSR count). The molecule has 1 amide bonds. The van der Waals surface area contributed by atoms with Gasteiger partial charge in [-0.1, -0.05) is 13.0 Å². The summed E-state index contributed by atoms with van der Waals surface area (Å²) in [7, 11) is 0. The van der Waals surface area contributed by atoms with E-state index >= 15 is 0 Å². The van der Waals surface area contributed by atoms with Crippen LogP contribution in [0.3, 0.4) is 0 Å². The third-order valence-electron chi connectivity index (χ3n) is 3.59. The summed E-state index contributed by atoms with van der Waals surface area (Å²) in [6.45, 7) is 7.91. The minimum Gasteiger partial charge on any atom is -0.399 e. The molecule has 1 unspecified atom stereocenters. The van der Waals surface area contributed by atoms with Crippen LogP contribution in [-0.4, -0.2) is 47.9 Å². The molecule has 0 saturated carbocycles. The molecule has 0 radical (unpaired) electrons. The fourth-order valence-electron chi connectivity index (χ4n) is 2.50. The molecule has 2 N–H and O–H groups in total. The molecule has 1 atom stereocenters. The molecule has 1 saturated heterocycles. The zero-order chi connectivity index (χ0) is 13.1. The minimum absolute atomic E-state index is 0.0879. The van der Waals surface area contributed by atoms with Gasteiger partial charge >= 0.3 is 0 Å². The van der Waals surface area contributed by atoms with Crippen LogP contribution < -0.4 is 5.73 Å². The molecular formula is C14H21N3O. The molecule has 0 aromatic heterocycles. The molecule has 4 nitrogen and oxygen atoms in total. The van der Waals surface area contributed by atoms with E-state index in [0.717, 1.165) is 26.2 Å². The van der Waals surface area contributed by atoms with Gasteiger partial charge in [-0.3, -0.25) is 9.69 Å². The third-order valence-corrected chi connectivity index (χ3v) is 3.59. The number of benzene rings is 1. The summed E-state index contributed by atoms with van der Waals surface area (Å²) in [6, 6.07) is 7.63. The quantitative estimate of drug-likeness (QED) is 0.804. The number of carbonyl (C=O) groups excluding carboxylic acids is 1. The lowest BCUT2D eigenvalue weighted by molar-refractivity contribution is 0.0528. The second-order valence-electron chi connectivity index (χ2n) is 4.85. The van der Waals surface area contributed by atoms with Gasteiger partial charge in [0.2, 0.25) is 0 Å². The molecule has 98 valence electrons. The predicted molar refractivity (Wildman–Crippen MR) is 73.5 cm³/mol. The standard InChI is InChI=1S/C14H21N3O/c1-3-16-7-8-17(10-11(16)2)14(18)12-5-4-6-13(15)9-12/h4-6,9,11H,3,7-8,10,15H2,1-2H3. The van der Waals surface area contributed by atoms with Gasteiger partial charge in [0.1, 0.15) is 0 Å². The van der Waals surface area contributed by atoms with E-state index in [1.165, 1.54) is 0 Å². The lowest BCUT2D eigenvalue weighted by Gasteiger charge is -2.39. The van der Waals surface area contributed by atoms with Gasteiger partial charge in [-0.05, 0) is 31.7 Å². The summed E-state index contributed by atoms with van der Waals surface area (Å²) in [5, 5.41) is 0. The number of piperazine rings is 1. The summed E-state index contributed by atoms with van der Waals surface area (Å²) < 4.78 is 0. The van der Waals surface area contributed by atoms with Gasteiger partial charge in [0.15, 0.2) is 0 Å². The Morgan fingerprint density at radius 3 is 2.83 bits per heavy atom. The lowest BCUT2D eigenvalue weighted by atomic mass is 10.1. The van der Waals surface area contributed by atoms with E-state index in [9.17, 15) is 4.79 Å². The SMILES string of the molecule is CCN1CCN(C(=O)c2cccc(N)c2)CC1C. The number of rotatable bonds is 2. The summed E-state index contributed by atoms with van der Waals surface area (Å²) in [5.74, 6) is 0.0879. The van der Waals surface area contributed by atoms with Gasteiger partial charge in [0.25, 0.3) is 5.91 Å². The van der Waals surface area contributed by atoms with Crippen molar-refractivity contribution in [3.8, 4) is 0 Å². The first kappa shape index (κ1) is 12.9. The van der Waals surface area contributed by atoms with Crippen LogP contribution in [0.4, 0.5) is 5.69 Å². The Morgan fingerprint density at radius 2 is 2.22 bits per heavy atom. The number of hydrogen-bond donors (Lipinski definition) is 1. The van der Waals surface area contributed by atoms with Crippen LogP contribution in [0, 0.1) is 0 Å². The van der Waals surface area contributed by atoms with Crippen LogP contribution in [0.15, 0.2) is 24.3 Å². The Kier molecular flexibility index (Phi) is 3.87. The van der Waals surface area contributed by atoms with Crippen molar-refractivity contribution in [3.05, 3.63) is 29.8 Å². The van der Waals surface area contributed by atoms with E-state index in [2.05, 4.69) is 18.7 Å². The van der Waals surface area contributed by atoms with E-state index in [4.69, 9.17) is 5.73 Å². The van der Waals surface area contributed by atoms with E-state index in [1.807, 2.05) is 17.0 Å². The highest BCUT2D eigenvalue weighted by atomic mass is 16.2. The third kappa shape index (κ3) is 2.64. The molecule has 4 heteroatoms. The maximum absolute atomic E-state index is 12.3. The summed E-state index contributed by atoms with van der Waals surface area (Å²) >= 11 is 0. The van der Waals surface area contributed by atoms with Crippen LogP contribution in [0.25, 0.3) is 0 Å². The second kappa shape index (κ2) is 5.40. The molecule has 1 aromatic carbocycles. The lowest BCUT2D eigenvalue weighted by Crippen LogP contribution is -2.53. The predicted octanol–water partition coefficient (Wildman–Crippen LogP) is 1.43. The zero-order valence-electron chi connectivity index (χ0n) is 11.1. The molecular weight excluding hydrogens is 226 g/mol. The van der Waals surface area contributed by atoms with Gasteiger partial charge in [-0.15, -0.1) is 0 Å². The van der Waals surface area contributed by atoms with Gasteiger partial charge in [-0.25, -0.2) is 0 Å². The van der Waals surface area contributed by atoms with Crippen molar-refractivity contribution < 1.29 is 4.79 Å². The van der Waals surface area contributed by atoms with Gasteiger partial charge in [0, 0.05) is 36.9 Å². The van der Waals surface area contributed by atoms with Crippen molar-refractivity contribution in [1.29, 1.82) is 0 Å². The van der Waals surface area contributed by atoms with E-state index in [-0.39, 0.29) is 5.91 Å². The number of nitrogens with two attached hydrogens (primary N) is 1. The summed E-state index contributed by atoms with van der Waals surface area (Å²) in [6.07, 6.45) is 0. The monoisotopic (exact) mass is 247 g/mol. The Hall–Kier alpha value is -1.55. The second-order valence-corrected chi connectivity index (χ2v) is 4.85. The fraction of sp³-hybridized carbons (Fsp3) is 0.500. The first-order chi connectivity index (χ1) is 8.61. The number of nitrogens with zero attached hydrogens (tertiary/aromatic N) is 2. The molecule has 1 aliphatic rings. The number of likely N-dealkylation sites (N-methyl/N-ethyl adjacent to an activating group) is 1. The molecule has 18 heavy (non-hydrogen) atoms. The highest BCUT2D eigenvalue weighted by Crippen LogP contribution is 2.14. The van der Waals surface area contributed by atoms with Crippen molar-refractivity contribution in [2.24, 2.45) is 0 Å². The van der Waals surface area contributed by atoms with Gasteiger partial charge in [-0.2, -0.15) is 0 Å². The highest BCUT2D eigenvalue weighted by Gasteiger charge is 2.26.